The predicted molar refractivity (Wildman–Crippen MR) is 88.2 cm³/mol. The SMILES string of the molecule is O=C(NCCc1nccn1Cc1ccccc1)C(F)(F)C1(O)CCC1. The molecule has 1 amide bonds. The molecule has 5 nitrogen and oxygen atoms in total. The van der Waals surface area contributed by atoms with Crippen molar-refractivity contribution in [2.24, 2.45) is 0 Å². The summed E-state index contributed by atoms with van der Waals surface area (Å²) in [5.41, 5.74) is -1.09. The molecule has 1 aromatic carbocycles. The van der Waals surface area contributed by atoms with Crippen LogP contribution in [0.25, 0.3) is 0 Å². The highest BCUT2D eigenvalue weighted by molar-refractivity contribution is 5.85. The Balaban J connectivity index is 1.54. The molecule has 2 aromatic rings. The number of imidazole rings is 1. The molecule has 0 atom stereocenters. The molecule has 1 heterocycles. The van der Waals surface area contributed by atoms with E-state index in [1.54, 1.807) is 6.20 Å². The van der Waals surface area contributed by atoms with Crippen LogP contribution < -0.4 is 5.32 Å². The van der Waals surface area contributed by atoms with Gasteiger partial charge in [0.05, 0.1) is 0 Å². The van der Waals surface area contributed by atoms with Crippen LogP contribution in [0.2, 0.25) is 0 Å². The van der Waals surface area contributed by atoms with Gasteiger partial charge < -0.3 is 15.0 Å². The molecule has 2 N–H and O–H groups in total. The van der Waals surface area contributed by atoms with Crippen molar-refractivity contribution in [1.82, 2.24) is 14.9 Å². The average molecular weight is 349 g/mol. The highest BCUT2D eigenvalue weighted by Crippen LogP contribution is 2.44. The summed E-state index contributed by atoms with van der Waals surface area (Å²) in [6.45, 7) is 0.663. The van der Waals surface area contributed by atoms with E-state index in [0.717, 1.165) is 5.56 Å². The first-order chi connectivity index (χ1) is 11.9. The lowest BCUT2D eigenvalue weighted by Crippen LogP contribution is -2.60. The summed E-state index contributed by atoms with van der Waals surface area (Å²) in [6, 6.07) is 9.81. The van der Waals surface area contributed by atoms with E-state index in [2.05, 4.69) is 10.3 Å². The van der Waals surface area contributed by atoms with Crippen LogP contribution in [-0.2, 0) is 17.8 Å². The van der Waals surface area contributed by atoms with Gasteiger partial charge in [-0.1, -0.05) is 30.3 Å². The van der Waals surface area contributed by atoms with Crippen LogP contribution in [0.3, 0.4) is 0 Å². The number of carbonyl (C=O) groups is 1. The molecule has 0 unspecified atom stereocenters. The third-order valence-corrected chi connectivity index (χ3v) is 4.68. The molecule has 1 aliphatic rings. The molecule has 3 rings (SSSR count). The van der Waals surface area contributed by atoms with Gasteiger partial charge in [0.25, 0.3) is 5.91 Å². The minimum atomic E-state index is -3.76. The van der Waals surface area contributed by atoms with Gasteiger partial charge in [-0.2, -0.15) is 8.78 Å². The number of aromatic nitrogens is 2. The summed E-state index contributed by atoms with van der Waals surface area (Å²) < 4.78 is 29.9. The summed E-state index contributed by atoms with van der Waals surface area (Å²) in [7, 11) is 0. The molecule has 7 heteroatoms. The standard InChI is InChI=1S/C18H21F2N3O2/c19-18(20,17(25)8-4-9-17)16(24)22-10-7-15-21-11-12-23(15)13-14-5-2-1-3-6-14/h1-3,5-6,11-12,25H,4,7-10,13H2,(H,22,24). The van der Waals surface area contributed by atoms with Gasteiger partial charge in [-0.25, -0.2) is 4.98 Å². The summed E-state index contributed by atoms with van der Waals surface area (Å²) in [5, 5.41) is 12.0. The molecule has 1 fully saturated rings. The average Bonchev–Trinajstić information content (AvgIpc) is 3.00. The fourth-order valence-corrected chi connectivity index (χ4v) is 2.93. The number of carbonyl (C=O) groups excluding carboxylic acids is 1. The Morgan fingerprint density at radius 1 is 1.32 bits per heavy atom. The Morgan fingerprint density at radius 3 is 2.68 bits per heavy atom. The van der Waals surface area contributed by atoms with Crippen molar-refractivity contribution in [3.8, 4) is 0 Å². The van der Waals surface area contributed by atoms with Crippen LogP contribution in [0.15, 0.2) is 42.7 Å². The number of benzene rings is 1. The lowest BCUT2D eigenvalue weighted by molar-refractivity contribution is -0.215. The van der Waals surface area contributed by atoms with Gasteiger partial charge in [0.15, 0.2) is 0 Å². The monoisotopic (exact) mass is 349 g/mol. The van der Waals surface area contributed by atoms with E-state index >= 15 is 0 Å². The highest BCUT2D eigenvalue weighted by atomic mass is 19.3. The van der Waals surface area contributed by atoms with Gasteiger partial charge in [-0.3, -0.25) is 4.79 Å². The first-order valence-electron chi connectivity index (χ1n) is 8.35. The van der Waals surface area contributed by atoms with Crippen LogP contribution in [0, 0.1) is 0 Å². The van der Waals surface area contributed by atoms with Gasteiger partial charge >= 0.3 is 5.92 Å². The summed E-state index contributed by atoms with van der Waals surface area (Å²) >= 11 is 0. The molecule has 1 saturated carbocycles. The molecule has 0 spiro atoms. The van der Waals surface area contributed by atoms with E-state index < -0.39 is 17.4 Å². The molecule has 134 valence electrons. The van der Waals surface area contributed by atoms with E-state index in [9.17, 15) is 18.7 Å². The van der Waals surface area contributed by atoms with Gasteiger partial charge in [0, 0.05) is 31.9 Å². The number of amides is 1. The molecule has 0 bridgehead atoms. The normalized spacial score (nSPS) is 16.3. The van der Waals surface area contributed by atoms with E-state index in [1.807, 2.05) is 41.1 Å². The van der Waals surface area contributed by atoms with E-state index in [4.69, 9.17) is 0 Å². The van der Waals surface area contributed by atoms with Crippen molar-refractivity contribution in [2.75, 3.05) is 6.54 Å². The number of aliphatic hydroxyl groups is 1. The minimum Gasteiger partial charge on any atom is -0.383 e. The smallest absolute Gasteiger partial charge is 0.352 e. The third kappa shape index (κ3) is 3.56. The molecular formula is C18H21F2N3O2. The van der Waals surface area contributed by atoms with Gasteiger partial charge in [-0.05, 0) is 24.8 Å². The number of hydrogen-bond acceptors (Lipinski definition) is 3. The van der Waals surface area contributed by atoms with Crippen LogP contribution in [0.4, 0.5) is 8.78 Å². The molecule has 1 aliphatic carbocycles. The minimum absolute atomic E-state index is 0.0380. The predicted octanol–water partition coefficient (Wildman–Crippen LogP) is 2.14. The zero-order chi connectivity index (χ0) is 17.9. The molecular weight excluding hydrogens is 328 g/mol. The maximum atomic E-state index is 14.0. The van der Waals surface area contributed by atoms with Gasteiger partial charge in [0.2, 0.25) is 0 Å². The quantitative estimate of drug-likeness (QED) is 0.805. The van der Waals surface area contributed by atoms with Crippen molar-refractivity contribution >= 4 is 5.91 Å². The fraction of sp³-hybridized carbons (Fsp3) is 0.444. The Hall–Kier alpha value is -2.28. The molecule has 0 radical (unpaired) electrons. The molecule has 0 aliphatic heterocycles. The Bertz CT molecular complexity index is 727. The van der Waals surface area contributed by atoms with Crippen molar-refractivity contribution in [1.29, 1.82) is 0 Å². The van der Waals surface area contributed by atoms with Gasteiger partial charge in [-0.15, -0.1) is 0 Å². The van der Waals surface area contributed by atoms with Crippen molar-refractivity contribution < 1.29 is 18.7 Å². The topological polar surface area (TPSA) is 67.2 Å². The number of halogens is 2. The van der Waals surface area contributed by atoms with Gasteiger partial charge in [0.1, 0.15) is 11.4 Å². The number of nitrogens with one attached hydrogen (secondary N) is 1. The zero-order valence-corrected chi connectivity index (χ0v) is 13.8. The first kappa shape index (κ1) is 17.5. The number of hydrogen-bond donors (Lipinski definition) is 2. The second-order valence-electron chi connectivity index (χ2n) is 6.42. The second kappa shape index (κ2) is 6.92. The zero-order valence-electron chi connectivity index (χ0n) is 13.8. The maximum Gasteiger partial charge on any atom is 0.352 e. The molecule has 1 aromatic heterocycles. The molecule has 0 saturated heterocycles. The summed E-state index contributed by atoms with van der Waals surface area (Å²) in [5.74, 6) is -4.48. The van der Waals surface area contributed by atoms with Crippen molar-refractivity contribution in [3.63, 3.8) is 0 Å². The van der Waals surface area contributed by atoms with E-state index in [0.29, 0.717) is 25.2 Å². The van der Waals surface area contributed by atoms with E-state index in [-0.39, 0.29) is 19.4 Å². The Labute approximate surface area is 144 Å². The molecule has 25 heavy (non-hydrogen) atoms. The number of nitrogens with zero attached hydrogens (tertiary/aromatic N) is 2. The summed E-state index contributed by atoms with van der Waals surface area (Å²) in [4.78, 5) is 16.0. The largest absolute Gasteiger partial charge is 0.383 e. The van der Waals surface area contributed by atoms with Crippen LogP contribution in [-0.4, -0.2) is 38.6 Å². The van der Waals surface area contributed by atoms with Crippen molar-refractivity contribution in [2.45, 2.75) is 43.8 Å². The third-order valence-electron chi connectivity index (χ3n) is 4.68. The number of alkyl halides is 2. The fourth-order valence-electron chi connectivity index (χ4n) is 2.93. The first-order valence-corrected chi connectivity index (χ1v) is 8.35. The lowest BCUT2D eigenvalue weighted by Gasteiger charge is -2.41. The Morgan fingerprint density at radius 2 is 2.04 bits per heavy atom. The van der Waals surface area contributed by atoms with Crippen LogP contribution in [0.1, 0.15) is 30.7 Å². The maximum absolute atomic E-state index is 14.0. The van der Waals surface area contributed by atoms with Crippen LogP contribution >= 0.6 is 0 Å². The van der Waals surface area contributed by atoms with Crippen molar-refractivity contribution in [3.05, 3.63) is 54.1 Å². The Kier molecular flexibility index (Phi) is 4.85. The van der Waals surface area contributed by atoms with E-state index in [1.165, 1.54) is 0 Å². The summed E-state index contributed by atoms with van der Waals surface area (Å²) in [6.07, 6.45) is 4.21. The number of rotatable bonds is 7. The highest BCUT2D eigenvalue weighted by Gasteiger charge is 2.60. The van der Waals surface area contributed by atoms with Crippen LogP contribution in [0.5, 0.6) is 0 Å². The second-order valence-corrected chi connectivity index (χ2v) is 6.42. The lowest BCUT2D eigenvalue weighted by atomic mass is 9.75.